The molecule has 4 rings (SSSR count). The van der Waals surface area contributed by atoms with Crippen molar-refractivity contribution < 1.29 is 4.79 Å². The van der Waals surface area contributed by atoms with Gasteiger partial charge in [0.2, 0.25) is 5.91 Å². The van der Waals surface area contributed by atoms with E-state index in [1.807, 2.05) is 64.4 Å². The maximum atomic E-state index is 12.6. The number of hydrogen-bond acceptors (Lipinski definition) is 6. The van der Waals surface area contributed by atoms with Crippen LogP contribution in [-0.4, -0.2) is 32.6 Å². The highest BCUT2D eigenvalue weighted by Gasteiger charge is 2.39. The minimum absolute atomic E-state index is 0.162. The van der Waals surface area contributed by atoms with Gasteiger partial charge in [-0.05, 0) is 75.4 Å². The highest BCUT2D eigenvalue weighted by Crippen LogP contribution is 2.58. The van der Waals surface area contributed by atoms with Crippen molar-refractivity contribution in [2.24, 2.45) is 0 Å². The highest BCUT2D eigenvalue weighted by atomic mass is 33.5. The summed E-state index contributed by atoms with van der Waals surface area (Å²) in [5.41, 5.74) is 0. The SMILES string of the molecule is CCC(=O)N(C)C1(C)C=CC(c2ccc(-c3cccs3)s2)=S1SSc1ccccn1. The van der Waals surface area contributed by atoms with E-state index in [1.54, 1.807) is 22.1 Å². The van der Waals surface area contributed by atoms with Gasteiger partial charge in [-0.15, -0.1) is 22.7 Å². The number of thiophene rings is 2. The molecule has 0 saturated carbocycles. The first-order chi connectivity index (χ1) is 14.5. The van der Waals surface area contributed by atoms with Gasteiger partial charge in [0.05, 0.1) is 0 Å². The van der Waals surface area contributed by atoms with E-state index in [0.717, 1.165) is 5.03 Å². The third-order valence-corrected chi connectivity index (χ3v) is 14.3. The van der Waals surface area contributed by atoms with Gasteiger partial charge in [-0.3, -0.25) is 4.79 Å². The van der Waals surface area contributed by atoms with Crippen molar-refractivity contribution in [3.05, 3.63) is 71.1 Å². The number of nitrogens with zero attached hydrogens (tertiary/aromatic N) is 2. The fourth-order valence-electron chi connectivity index (χ4n) is 3.06. The van der Waals surface area contributed by atoms with Crippen LogP contribution in [0.2, 0.25) is 0 Å². The van der Waals surface area contributed by atoms with Gasteiger partial charge in [-0.2, -0.15) is 0 Å². The van der Waals surface area contributed by atoms with Crippen LogP contribution in [0.25, 0.3) is 9.75 Å². The van der Waals surface area contributed by atoms with Gasteiger partial charge in [-0.1, -0.05) is 28.6 Å². The molecule has 3 aromatic heterocycles. The monoisotopic (exact) mass is 490 g/mol. The first-order valence-electron chi connectivity index (χ1n) is 9.50. The molecule has 0 aromatic carbocycles. The van der Waals surface area contributed by atoms with Crippen LogP contribution in [0, 0.1) is 0 Å². The molecule has 3 nitrogen and oxygen atoms in total. The Kier molecular flexibility index (Phi) is 6.89. The molecule has 0 N–H and O–H groups in total. The molecule has 1 aliphatic heterocycles. The summed E-state index contributed by atoms with van der Waals surface area (Å²) < 4.78 is 0. The Bertz CT molecular complexity index is 1090. The van der Waals surface area contributed by atoms with Gasteiger partial charge in [0, 0.05) is 39.2 Å². The molecule has 8 heteroatoms. The van der Waals surface area contributed by atoms with E-state index < -0.39 is 0 Å². The molecule has 0 aliphatic carbocycles. The number of allylic oxidation sites excluding steroid dienone is 1. The van der Waals surface area contributed by atoms with Crippen LogP contribution in [0.4, 0.5) is 0 Å². The van der Waals surface area contributed by atoms with Crippen LogP contribution in [-0.2, 0) is 4.79 Å². The molecule has 1 amide bonds. The summed E-state index contributed by atoms with van der Waals surface area (Å²) in [7, 11) is 5.18. The van der Waals surface area contributed by atoms with E-state index in [1.165, 1.54) is 19.5 Å². The number of carbonyl (C=O) groups is 1. The first kappa shape index (κ1) is 21.9. The molecule has 4 heterocycles. The number of likely N-dealkylation sites (N-methyl/N-ethyl adjacent to an activating group) is 1. The lowest BCUT2D eigenvalue weighted by Crippen LogP contribution is -2.43. The van der Waals surface area contributed by atoms with Crippen LogP contribution < -0.4 is 0 Å². The Morgan fingerprint density at radius 3 is 2.70 bits per heavy atom. The zero-order valence-electron chi connectivity index (χ0n) is 16.9. The Morgan fingerprint density at radius 2 is 2.00 bits per heavy atom. The average Bonchev–Trinajstić information content (AvgIpc) is 3.52. The number of rotatable bonds is 7. The smallest absolute Gasteiger partial charge is 0.223 e. The molecule has 3 aromatic rings. The zero-order valence-corrected chi connectivity index (χ0v) is 21.0. The van der Waals surface area contributed by atoms with Crippen molar-refractivity contribution in [3.63, 3.8) is 0 Å². The molecule has 30 heavy (non-hydrogen) atoms. The van der Waals surface area contributed by atoms with E-state index >= 15 is 0 Å². The van der Waals surface area contributed by atoms with Gasteiger partial charge < -0.3 is 4.90 Å². The first-order valence-corrected chi connectivity index (χ1v) is 15.1. The summed E-state index contributed by atoms with van der Waals surface area (Å²) in [6.07, 6.45) is 6.75. The molecule has 1 aliphatic rings. The topological polar surface area (TPSA) is 33.2 Å². The number of pyridine rings is 1. The van der Waals surface area contributed by atoms with E-state index in [4.69, 9.17) is 0 Å². The minimum atomic E-state index is -0.359. The Labute approximate surface area is 195 Å². The van der Waals surface area contributed by atoms with Crippen LogP contribution in [0.1, 0.15) is 25.1 Å². The highest BCUT2D eigenvalue weighted by molar-refractivity contribution is 9.13. The second-order valence-corrected chi connectivity index (χ2v) is 14.5. The molecular formula is C22H22N2OS5. The van der Waals surface area contributed by atoms with Gasteiger partial charge in [0.25, 0.3) is 0 Å². The lowest BCUT2D eigenvalue weighted by molar-refractivity contribution is -0.131. The Hall–Kier alpha value is -1.32. The summed E-state index contributed by atoms with van der Waals surface area (Å²) in [6.45, 7) is 4.10. The summed E-state index contributed by atoms with van der Waals surface area (Å²) in [5.74, 6) is 0.162. The predicted octanol–water partition coefficient (Wildman–Crippen LogP) is 7.17. The normalized spacial score (nSPS) is 20.6. The minimum Gasteiger partial charge on any atom is -0.327 e. The van der Waals surface area contributed by atoms with E-state index in [-0.39, 0.29) is 20.3 Å². The molecule has 0 bridgehead atoms. The van der Waals surface area contributed by atoms with Gasteiger partial charge in [0.1, 0.15) is 9.90 Å². The Balaban J connectivity index is 1.72. The molecule has 2 atom stereocenters. The second-order valence-electron chi connectivity index (χ2n) is 6.79. The molecule has 0 fully saturated rings. The molecule has 0 spiro atoms. The lowest BCUT2D eigenvalue weighted by atomic mass is 10.2. The Morgan fingerprint density at radius 1 is 1.17 bits per heavy atom. The molecule has 0 saturated heterocycles. The largest absolute Gasteiger partial charge is 0.327 e. The predicted molar refractivity (Wildman–Crippen MR) is 138 cm³/mol. The summed E-state index contributed by atoms with van der Waals surface area (Å²) in [5, 5.41) is 3.10. The summed E-state index contributed by atoms with van der Waals surface area (Å²) >= 11 is 3.59. The van der Waals surface area contributed by atoms with E-state index in [0.29, 0.717) is 6.42 Å². The third-order valence-electron chi connectivity index (χ3n) is 4.90. The van der Waals surface area contributed by atoms with Crippen molar-refractivity contribution in [1.29, 1.82) is 0 Å². The number of carbonyl (C=O) groups excluding carboxylic acids is 1. The van der Waals surface area contributed by atoms with Crippen LogP contribution >= 0.6 is 52.8 Å². The molecular weight excluding hydrogens is 469 g/mol. The van der Waals surface area contributed by atoms with E-state index in [9.17, 15) is 4.79 Å². The standard InChI is InChI=1S/C22H22N2OS5/c1-4-21(25)24(3)22(2)13-12-19(30(22)29-28-20-9-5-6-14-23-20)18-11-10-17(27-18)16-8-7-15-26-16/h5-15H,4H2,1-3H3. The maximum absolute atomic E-state index is 12.6. The van der Waals surface area contributed by atoms with Crippen molar-refractivity contribution >= 4 is 63.6 Å². The van der Waals surface area contributed by atoms with E-state index in [2.05, 4.69) is 53.7 Å². The zero-order chi connectivity index (χ0) is 21.1. The number of aromatic nitrogens is 1. The molecule has 156 valence electrons. The summed E-state index contributed by atoms with van der Waals surface area (Å²) in [6, 6.07) is 14.7. The van der Waals surface area contributed by atoms with Crippen molar-refractivity contribution in [2.75, 3.05) is 7.05 Å². The van der Waals surface area contributed by atoms with Crippen molar-refractivity contribution in [1.82, 2.24) is 9.88 Å². The number of amides is 1. The van der Waals surface area contributed by atoms with Gasteiger partial charge in [0.15, 0.2) is 0 Å². The summed E-state index contributed by atoms with van der Waals surface area (Å²) in [4.78, 5) is 23.8. The second kappa shape index (κ2) is 9.44. The molecule has 0 radical (unpaired) electrons. The van der Waals surface area contributed by atoms with Crippen LogP contribution in [0.15, 0.2) is 71.2 Å². The van der Waals surface area contributed by atoms with Crippen molar-refractivity contribution in [3.8, 4) is 9.75 Å². The van der Waals surface area contributed by atoms with Crippen LogP contribution in [0.5, 0.6) is 0 Å². The number of hydrogen-bond donors (Lipinski definition) is 0. The van der Waals surface area contributed by atoms with Crippen molar-refractivity contribution in [2.45, 2.75) is 30.2 Å². The maximum Gasteiger partial charge on any atom is 0.223 e. The van der Waals surface area contributed by atoms with Crippen LogP contribution in [0.3, 0.4) is 0 Å². The van der Waals surface area contributed by atoms with Gasteiger partial charge >= 0.3 is 0 Å². The van der Waals surface area contributed by atoms with Gasteiger partial charge in [-0.25, -0.2) is 4.98 Å². The fraction of sp³-hybridized carbons (Fsp3) is 0.227. The quantitative estimate of drug-likeness (QED) is 0.260. The molecule has 2 unspecified atom stereocenters. The average molecular weight is 491 g/mol. The third kappa shape index (κ3) is 4.34. The lowest BCUT2D eigenvalue weighted by Gasteiger charge is -2.37. The fourth-order valence-corrected chi connectivity index (χ4v) is 12.8.